The van der Waals surface area contributed by atoms with Gasteiger partial charge in [-0.3, -0.25) is 4.40 Å². The maximum Gasteiger partial charge on any atom is 0.372 e. The smallest absolute Gasteiger partial charge is 0.372 e. The summed E-state index contributed by atoms with van der Waals surface area (Å²) in [7, 11) is 0. The van der Waals surface area contributed by atoms with Crippen LogP contribution in [-0.2, 0) is 6.54 Å². The van der Waals surface area contributed by atoms with Crippen LogP contribution in [0.5, 0.6) is 0 Å². The Hall–Kier alpha value is -1.88. The third-order valence-corrected chi connectivity index (χ3v) is 2.95. The van der Waals surface area contributed by atoms with Crippen molar-refractivity contribution in [2.75, 3.05) is 0 Å². The minimum absolute atomic E-state index is 0.0770. The molecule has 1 fully saturated rings. The molecule has 0 spiro atoms. The van der Waals surface area contributed by atoms with E-state index < -0.39 is 5.97 Å². The van der Waals surface area contributed by atoms with E-state index in [1.54, 1.807) is 16.7 Å². The van der Waals surface area contributed by atoms with Crippen LogP contribution in [0.2, 0.25) is 0 Å². The van der Waals surface area contributed by atoms with Gasteiger partial charge in [0.05, 0.1) is 11.2 Å². The Morgan fingerprint density at radius 2 is 2.35 bits per heavy atom. The Labute approximate surface area is 98.1 Å². The summed E-state index contributed by atoms with van der Waals surface area (Å²) in [5, 5.41) is 12.4. The van der Waals surface area contributed by atoms with E-state index in [1.165, 1.54) is 12.8 Å². The van der Waals surface area contributed by atoms with E-state index in [4.69, 9.17) is 5.11 Å². The highest BCUT2D eigenvalue weighted by atomic mass is 16.4. The van der Waals surface area contributed by atoms with Crippen LogP contribution in [0.3, 0.4) is 0 Å². The van der Waals surface area contributed by atoms with Crippen LogP contribution < -0.4 is 5.32 Å². The molecule has 5 nitrogen and oxygen atoms in total. The molecule has 1 aliphatic carbocycles. The van der Waals surface area contributed by atoms with Crippen molar-refractivity contribution in [3.8, 4) is 0 Å². The molecule has 0 unspecified atom stereocenters. The van der Waals surface area contributed by atoms with Crippen LogP contribution >= 0.6 is 0 Å². The first-order valence-electron chi connectivity index (χ1n) is 5.68. The number of nitrogens with zero attached hydrogens (tertiary/aromatic N) is 2. The van der Waals surface area contributed by atoms with E-state index >= 15 is 0 Å². The number of carboxylic acid groups (broad SMARTS) is 1. The molecule has 2 heterocycles. The lowest BCUT2D eigenvalue weighted by Crippen LogP contribution is -2.15. The highest BCUT2D eigenvalue weighted by Crippen LogP contribution is 2.20. The van der Waals surface area contributed by atoms with Gasteiger partial charge in [0.15, 0.2) is 0 Å². The Morgan fingerprint density at radius 3 is 3.06 bits per heavy atom. The number of nitrogens with one attached hydrogen (secondary N) is 1. The highest BCUT2D eigenvalue weighted by molar-refractivity contribution is 5.85. The lowest BCUT2D eigenvalue weighted by atomic mass is 10.3. The third-order valence-electron chi connectivity index (χ3n) is 2.95. The molecule has 2 aromatic rings. The van der Waals surface area contributed by atoms with Crippen molar-refractivity contribution in [2.24, 2.45) is 0 Å². The van der Waals surface area contributed by atoms with Crippen molar-refractivity contribution in [1.29, 1.82) is 0 Å². The molecule has 0 bridgehead atoms. The second-order valence-electron chi connectivity index (χ2n) is 4.30. The number of rotatable bonds is 4. The molecule has 0 aromatic carbocycles. The first-order valence-corrected chi connectivity index (χ1v) is 5.68. The Bertz CT molecular complexity index is 572. The largest absolute Gasteiger partial charge is 0.475 e. The summed E-state index contributed by atoms with van der Waals surface area (Å²) in [5.74, 6) is -0.919. The van der Waals surface area contributed by atoms with Gasteiger partial charge in [-0.05, 0) is 25.0 Å². The number of pyridine rings is 1. The molecule has 1 saturated carbocycles. The number of hydrogen-bond donors (Lipinski definition) is 2. The summed E-state index contributed by atoms with van der Waals surface area (Å²) in [4.78, 5) is 15.3. The Morgan fingerprint density at radius 1 is 1.53 bits per heavy atom. The zero-order valence-electron chi connectivity index (χ0n) is 9.26. The average molecular weight is 231 g/mol. The van der Waals surface area contributed by atoms with E-state index in [2.05, 4.69) is 10.3 Å². The van der Waals surface area contributed by atoms with Gasteiger partial charge < -0.3 is 10.4 Å². The quantitative estimate of drug-likeness (QED) is 0.832. The van der Waals surface area contributed by atoms with Gasteiger partial charge >= 0.3 is 5.97 Å². The topological polar surface area (TPSA) is 66.6 Å². The third kappa shape index (κ3) is 1.89. The van der Waals surface area contributed by atoms with E-state index in [9.17, 15) is 4.79 Å². The average Bonchev–Trinajstić information content (AvgIpc) is 3.07. The van der Waals surface area contributed by atoms with Crippen molar-refractivity contribution in [3.05, 3.63) is 35.9 Å². The molecule has 0 saturated heterocycles. The van der Waals surface area contributed by atoms with Crippen molar-refractivity contribution in [3.63, 3.8) is 0 Å². The van der Waals surface area contributed by atoms with Gasteiger partial charge in [-0.2, -0.15) is 0 Å². The Kier molecular flexibility index (Phi) is 2.33. The molecule has 3 rings (SSSR count). The van der Waals surface area contributed by atoms with Crippen LogP contribution in [0.15, 0.2) is 24.4 Å². The maximum atomic E-state index is 11.1. The lowest BCUT2D eigenvalue weighted by Gasteiger charge is -1.99. The van der Waals surface area contributed by atoms with E-state index in [0.29, 0.717) is 12.6 Å². The standard InChI is InChI=1S/C12H13N3O2/c16-12(17)11-14-9(7-13-8-4-5-8)10-3-1-2-6-15(10)11/h1-3,6,8,13H,4-5,7H2,(H,16,17). The number of carbonyl (C=O) groups is 1. The zero-order chi connectivity index (χ0) is 11.8. The second-order valence-corrected chi connectivity index (χ2v) is 4.30. The summed E-state index contributed by atoms with van der Waals surface area (Å²) in [6.45, 7) is 0.630. The minimum Gasteiger partial charge on any atom is -0.475 e. The van der Waals surface area contributed by atoms with Crippen LogP contribution in [0.25, 0.3) is 5.52 Å². The molecule has 0 amide bonds. The maximum absolute atomic E-state index is 11.1. The predicted molar refractivity (Wildman–Crippen MR) is 62.0 cm³/mol. The minimum atomic E-state index is -0.996. The van der Waals surface area contributed by atoms with E-state index in [-0.39, 0.29) is 5.82 Å². The molecule has 0 radical (unpaired) electrons. The molecule has 5 heteroatoms. The van der Waals surface area contributed by atoms with Crippen molar-refractivity contribution < 1.29 is 9.90 Å². The molecule has 2 N–H and O–H groups in total. The van der Waals surface area contributed by atoms with Crippen LogP contribution in [0, 0.1) is 0 Å². The molecular weight excluding hydrogens is 218 g/mol. The number of carboxylic acids is 1. The summed E-state index contributed by atoms with van der Waals surface area (Å²) >= 11 is 0. The molecule has 0 atom stereocenters. The van der Waals surface area contributed by atoms with Crippen LogP contribution in [0.1, 0.15) is 29.2 Å². The second kappa shape index (κ2) is 3.85. The molecule has 17 heavy (non-hydrogen) atoms. The molecule has 88 valence electrons. The monoisotopic (exact) mass is 231 g/mol. The number of aromatic carboxylic acids is 1. The number of fused-ring (bicyclic) bond motifs is 1. The number of aromatic nitrogens is 2. The first-order chi connectivity index (χ1) is 8.25. The Balaban J connectivity index is 2.00. The number of imidazole rings is 1. The van der Waals surface area contributed by atoms with Gasteiger partial charge in [0, 0.05) is 18.8 Å². The van der Waals surface area contributed by atoms with Crippen molar-refractivity contribution in [2.45, 2.75) is 25.4 Å². The normalized spacial score (nSPS) is 15.3. The first kappa shape index (κ1) is 10.3. The summed E-state index contributed by atoms with van der Waals surface area (Å²) in [6.07, 6.45) is 4.14. The fourth-order valence-electron chi connectivity index (χ4n) is 1.91. The fraction of sp³-hybridized carbons (Fsp3) is 0.333. The van der Waals surface area contributed by atoms with Gasteiger partial charge in [-0.25, -0.2) is 9.78 Å². The predicted octanol–water partition coefficient (Wildman–Crippen LogP) is 1.28. The van der Waals surface area contributed by atoms with Crippen LogP contribution in [0.4, 0.5) is 0 Å². The van der Waals surface area contributed by atoms with Gasteiger partial charge in [0.2, 0.25) is 5.82 Å². The van der Waals surface area contributed by atoms with Gasteiger partial charge in [-0.1, -0.05) is 6.07 Å². The SMILES string of the molecule is O=C(O)c1nc(CNC2CC2)c2ccccn12. The lowest BCUT2D eigenvalue weighted by molar-refractivity contribution is 0.0682. The van der Waals surface area contributed by atoms with Gasteiger partial charge in [0.1, 0.15) is 0 Å². The molecule has 1 aliphatic rings. The zero-order valence-corrected chi connectivity index (χ0v) is 9.26. The van der Waals surface area contributed by atoms with E-state index in [1.807, 2.05) is 12.1 Å². The van der Waals surface area contributed by atoms with Gasteiger partial charge in [-0.15, -0.1) is 0 Å². The molecule has 2 aromatic heterocycles. The molecule has 0 aliphatic heterocycles. The summed E-state index contributed by atoms with van der Waals surface area (Å²) < 4.78 is 1.62. The number of hydrogen-bond acceptors (Lipinski definition) is 3. The highest BCUT2D eigenvalue weighted by Gasteiger charge is 2.22. The van der Waals surface area contributed by atoms with Gasteiger partial charge in [0.25, 0.3) is 0 Å². The summed E-state index contributed by atoms with van der Waals surface area (Å²) in [6, 6.07) is 6.18. The molecular formula is C12H13N3O2. The van der Waals surface area contributed by atoms with Crippen LogP contribution in [-0.4, -0.2) is 26.5 Å². The van der Waals surface area contributed by atoms with Crippen molar-refractivity contribution in [1.82, 2.24) is 14.7 Å². The van der Waals surface area contributed by atoms with Crippen molar-refractivity contribution >= 4 is 11.5 Å². The fourth-order valence-corrected chi connectivity index (χ4v) is 1.91. The van der Waals surface area contributed by atoms with E-state index in [0.717, 1.165) is 11.2 Å². The summed E-state index contributed by atoms with van der Waals surface area (Å²) in [5.41, 5.74) is 1.66.